The molecule has 1 saturated carbocycles. The number of fused-ring (bicyclic) bond motifs is 1. The van der Waals surface area contributed by atoms with Gasteiger partial charge in [-0.2, -0.15) is 0 Å². The van der Waals surface area contributed by atoms with E-state index in [2.05, 4.69) is 20.3 Å². The number of hydrogen-bond acceptors (Lipinski definition) is 4. The summed E-state index contributed by atoms with van der Waals surface area (Å²) >= 11 is 0. The first-order valence-corrected chi connectivity index (χ1v) is 7.81. The Bertz CT molecular complexity index is 953. The van der Waals surface area contributed by atoms with Gasteiger partial charge in [0.2, 0.25) is 5.95 Å². The van der Waals surface area contributed by atoms with Crippen LogP contribution in [0.25, 0.3) is 10.9 Å². The molecule has 1 fully saturated rings. The summed E-state index contributed by atoms with van der Waals surface area (Å²) in [6.45, 7) is 1.82. The monoisotopic (exact) mass is 322 g/mol. The van der Waals surface area contributed by atoms with Crippen molar-refractivity contribution in [2.45, 2.75) is 25.7 Å². The number of hydrogen-bond donors (Lipinski definition) is 1. The normalized spacial score (nSPS) is 13.9. The van der Waals surface area contributed by atoms with Crippen LogP contribution in [0.2, 0.25) is 0 Å². The van der Waals surface area contributed by atoms with E-state index in [9.17, 15) is 9.18 Å². The summed E-state index contributed by atoms with van der Waals surface area (Å²) in [5.74, 6) is -0.139. The molecular formula is C18H15FN4O. The number of aryl methyl sites for hydroxylation is 1. The van der Waals surface area contributed by atoms with Crippen molar-refractivity contribution < 1.29 is 9.18 Å². The van der Waals surface area contributed by atoms with E-state index >= 15 is 0 Å². The van der Waals surface area contributed by atoms with Crippen molar-refractivity contribution >= 4 is 22.8 Å². The maximum atomic E-state index is 13.6. The van der Waals surface area contributed by atoms with Gasteiger partial charge < -0.3 is 0 Å². The second-order valence-electron chi connectivity index (χ2n) is 6.01. The van der Waals surface area contributed by atoms with Crippen LogP contribution in [0.15, 0.2) is 36.5 Å². The molecule has 120 valence electrons. The van der Waals surface area contributed by atoms with Crippen LogP contribution in [0.1, 0.15) is 40.5 Å². The lowest BCUT2D eigenvalue weighted by molar-refractivity contribution is 0.102. The Labute approximate surface area is 138 Å². The Kier molecular flexibility index (Phi) is 3.45. The Morgan fingerprint density at radius 3 is 2.79 bits per heavy atom. The molecule has 2 aromatic heterocycles. The molecule has 3 aromatic rings. The molecule has 1 amide bonds. The highest BCUT2D eigenvalue weighted by molar-refractivity contribution is 6.11. The van der Waals surface area contributed by atoms with Crippen molar-refractivity contribution in [1.29, 1.82) is 0 Å². The molecule has 0 aliphatic heterocycles. The number of nitrogens with zero attached hydrogens (tertiary/aromatic N) is 3. The standard InChI is InChI=1S/C18H15FN4O/c1-10-6-7-20-18(21-10)23-17(24)14-9-16(11-2-3-11)22-15-5-4-12(19)8-13(14)15/h4-9,11H,2-3H2,1H3,(H,20,21,23,24). The van der Waals surface area contributed by atoms with Crippen LogP contribution in [0.4, 0.5) is 10.3 Å². The van der Waals surface area contributed by atoms with E-state index in [1.807, 2.05) is 6.92 Å². The van der Waals surface area contributed by atoms with Crippen LogP contribution in [0.3, 0.4) is 0 Å². The average molecular weight is 322 g/mol. The van der Waals surface area contributed by atoms with Crippen LogP contribution in [0, 0.1) is 12.7 Å². The average Bonchev–Trinajstić information content (AvgIpc) is 3.38. The molecule has 2 heterocycles. The minimum Gasteiger partial charge on any atom is -0.290 e. The highest BCUT2D eigenvalue weighted by atomic mass is 19.1. The smallest absolute Gasteiger partial charge is 0.258 e. The molecule has 5 nitrogen and oxygen atoms in total. The van der Waals surface area contributed by atoms with Crippen molar-refractivity contribution in [3.63, 3.8) is 0 Å². The van der Waals surface area contributed by atoms with Crippen molar-refractivity contribution in [1.82, 2.24) is 15.0 Å². The van der Waals surface area contributed by atoms with Crippen molar-refractivity contribution in [2.24, 2.45) is 0 Å². The van der Waals surface area contributed by atoms with Gasteiger partial charge in [0.05, 0.1) is 11.1 Å². The van der Waals surface area contributed by atoms with E-state index in [0.29, 0.717) is 22.4 Å². The predicted molar refractivity (Wildman–Crippen MR) is 88.4 cm³/mol. The second kappa shape index (κ2) is 5.63. The predicted octanol–water partition coefficient (Wildman–Crippen LogP) is 3.60. The first kappa shape index (κ1) is 14.7. The van der Waals surface area contributed by atoms with Crippen molar-refractivity contribution in [3.05, 3.63) is 59.3 Å². The molecule has 1 aliphatic rings. The third kappa shape index (κ3) is 2.82. The zero-order valence-corrected chi connectivity index (χ0v) is 13.1. The van der Waals surface area contributed by atoms with Gasteiger partial charge in [0.25, 0.3) is 5.91 Å². The maximum absolute atomic E-state index is 13.6. The molecule has 1 aliphatic carbocycles. The molecule has 1 N–H and O–H groups in total. The number of amides is 1. The van der Waals surface area contributed by atoms with E-state index in [-0.39, 0.29) is 11.9 Å². The summed E-state index contributed by atoms with van der Waals surface area (Å²) in [5.41, 5.74) is 2.65. The van der Waals surface area contributed by atoms with Crippen LogP contribution in [-0.2, 0) is 0 Å². The highest BCUT2D eigenvalue weighted by Gasteiger charge is 2.27. The number of anilines is 1. The summed E-state index contributed by atoms with van der Waals surface area (Å²) in [7, 11) is 0. The van der Waals surface area contributed by atoms with E-state index in [0.717, 1.165) is 24.2 Å². The maximum Gasteiger partial charge on any atom is 0.258 e. The summed E-state index contributed by atoms with van der Waals surface area (Å²) in [4.78, 5) is 25.5. The van der Waals surface area contributed by atoms with Gasteiger partial charge >= 0.3 is 0 Å². The molecule has 1 aromatic carbocycles. The third-order valence-electron chi connectivity index (χ3n) is 4.05. The van der Waals surface area contributed by atoms with E-state index in [1.54, 1.807) is 24.4 Å². The Hall–Kier alpha value is -2.89. The fourth-order valence-corrected chi connectivity index (χ4v) is 2.67. The van der Waals surface area contributed by atoms with Gasteiger partial charge in [-0.3, -0.25) is 15.1 Å². The van der Waals surface area contributed by atoms with Crippen molar-refractivity contribution in [2.75, 3.05) is 5.32 Å². The topological polar surface area (TPSA) is 67.8 Å². The summed E-state index contributed by atoms with van der Waals surface area (Å²) < 4.78 is 13.6. The second-order valence-corrected chi connectivity index (χ2v) is 6.01. The minimum absolute atomic E-state index is 0.231. The van der Waals surface area contributed by atoms with Crippen LogP contribution < -0.4 is 5.32 Å². The first-order chi connectivity index (χ1) is 11.6. The number of pyridine rings is 1. The van der Waals surface area contributed by atoms with Gasteiger partial charge in [0, 0.05) is 28.9 Å². The number of nitrogens with one attached hydrogen (secondary N) is 1. The highest BCUT2D eigenvalue weighted by Crippen LogP contribution is 2.40. The van der Waals surface area contributed by atoms with Gasteiger partial charge in [-0.05, 0) is 50.1 Å². The number of rotatable bonds is 3. The van der Waals surface area contributed by atoms with Crippen LogP contribution in [-0.4, -0.2) is 20.9 Å². The molecule has 0 atom stereocenters. The van der Waals surface area contributed by atoms with Crippen molar-refractivity contribution in [3.8, 4) is 0 Å². The van der Waals surface area contributed by atoms with Gasteiger partial charge in [-0.25, -0.2) is 14.4 Å². The SMILES string of the molecule is Cc1ccnc(NC(=O)c2cc(C3CC3)nc3ccc(F)cc23)n1. The number of carbonyl (C=O) groups is 1. The molecule has 0 saturated heterocycles. The molecule has 0 unspecified atom stereocenters. The number of benzene rings is 1. The molecule has 0 bridgehead atoms. The summed E-state index contributed by atoms with van der Waals surface area (Å²) in [6.07, 6.45) is 3.72. The Morgan fingerprint density at radius 1 is 1.21 bits per heavy atom. The Balaban J connectivity index is 1.78. The minimum atomic E-state index is -0.399. The largest absolute Gasteiger partial charge is 0.290 e. The number of halogens is 1. The lowest BCUT2D eigenvalue weighted by atomic mass is 10.1. The van der Waals surface area contributed by atoms with E-state index in [4.69, 9.17) is 0 Å². The molecule has 4 rings (SSSR count). The van der Waals surface area contributed by atoms with Gasteiger partial charge in [-0.1, -0.05) is 0 Å². The van der Waals surface area contributed by atoms with Gasteiger partial charge in [0.15, 0.2) is 0 Å². The van der Waals surface area contributed by atoms with E-state index < -0.39 is 5.82 Å². The van der Waals surface area contributed by atoms with Gasteiger partial charge in [-0.15, -0.1) is 0 Å². The van der Waals surface area contributed by atoms with Gasteiger partial charge in [0.1, 0.15) is 5.82 Å². The summed E-state index contributed by atoms with van der Waals surface area (Å²) in [5, 5.41) is 3.18. The lowest BCUT2D eigenvalue weighted by Gasteiger charge is -2.10. The zero-order valence-electron chi connectivity index (χ0n) is 13.1. The molecular weight excluding hydrogens is 307 g/mol. The zero-order chi connectivity index (χ0) is 16.7. The fourth-order valence-electron chi connectivity index (χ4n) is 2.67. The molecule has 0 spiro atoms. The number of aromatic nitrogens is 3. The first-order valence-electron chi connectivity index (χ1n) is 7.81. The van der Waals surface area contributed by atoms with Crippen LogP contribution >= 0.6 is 0 Å². The lowest BCUT2D eigenvalue weighted by Crippen LogP contribution is -2.15. The number of carbonyl (C=O) groups excluding carboxylic acids is 1. The molecule has 6 heteroatoms. The third-order valence-corrected chi connectivity index (χ3v) is 4.05. The quantitative estimate of drug-likeness (QED) is 0.800. The van der Waals surface area contributed by atoms with E-state index in [1.165, 1.54) is 12.1 Å². The summed E-state index contributed by atoms with van der Waals surface area (Å²) in [6, 6.07) is 7.81. The Morgan fingerprint density at radius 2 is 2.04 bits per heavy atom. The van der Waals surface area contributed by atoms with Crippen LogP contribution in [0.5, 0.6) is 0 Å². The fraction of sp³-hybridized carbons (Fsp3) is 0.222. The molecule has 24 heavy (non-hydrogen) atoms. The molecule has 0 radical (unpaired) electrons.